The summed E-state index contributed by atoms with van der Waals surface area (Å²) in [6.45, 7) is 11.0. The zero-order chi connectivity index (χ0) is 32.5. The van der Waals surface area contributed by atoms with Crippen LogP contribution in [0.3, 0.4) is 0 Å². The number of hydrogen-bond acceptors (Lipinski definition) is 9. The van der Waals surface area contributed by atoms with Crippen molar-refractivity contribution in [1.82, 2.24) is 39.1 Å². The van der Waals surface area contributed by atoms with E-state index in [1.54, 1.807) is 0 Å². The number of nitrogens with zero attached hydrogens (tertiary/aromatic N) is 8. The standard InChI is InChI=1S/C35H39N9O3/c1-23(20-42-15-17-46-18-16-42)35(45)43-13-11-27(12-14-43)44-21-26(19-39-44)32-30(31-33(36)37-22-38-34(31)41(32)3)25-7-9-28(10-8-25)47-29-6-4-5-24(2)40-29/h4-10,19,21-22,27H,1,11-18,20H2,2-3H3,(H2,36,37,38). The SMILES string of the molecule is C=C(CN1CCOCC1)C(=O)N1CCC(n2cc(-c3c(-c4ccc(Oc5cccc(C)n5)cc4)c4c(N)ncnc4n3C)cn2)CC1. The van der Waals surface area contributed by atoms with Crippen molar-refractivity contribution in [3.05, 3.63) is 79.0 Å². The van der Waals surface area contributed by atoms with Gasteiger partial charge in [-0.1, -0.05) is 24.8 Å². The minimum atomic E-state index is 0.0431. The summed E-state index contributed by atoms with van der Waals surface area (Å²) in [7, 11) is 1.99. The molecule has 0 aliphatic carbocycles. The summed E-state index contributed by atoms with van der Waals surface area (Å²) in [5, 5.41) is 5.59. The summed E-state index contributed by atoms with van der Waals surface area (Å²) in [5.41, 5.74) is 12.5. The van der Waals surface area contributed by atoms with Crippen molar-refractivity contribution in [2.45, 2.75) is 25.8 Å². The van der Waals surface area contributed by atoms with Gasteiger partial charge in [-0.05, 0) is 43.5 Å². The third-order valence-electron chi connectivity index (χ3n) is 9.05. The van der Waals surface area contributed by atoms with Gasteiger partial charge >= 0.3 is 0 Å². The molecule has 47 heavy (non-hydrogen) atoms. The molecule has 1 amide bonds. The van der Waals surface area contributed by atoms with E-state index in [1.807, 2.05) is 76.8 Å². The molecule has 2 fully saturated rings. The van der Waals surface area contributed by atoms with Gasteiger partial charge in [0.2, 0.25) is 11.8 Å². The molecule has 2 aliphatic rings. The fraction of sp³-hybridized carbons (Fsp3) is 0.343. The maximum Gasteiger partial charge on any atom is 0.250 e. The molecule has 2 aliphatic heterocycles. The van der Waals surface area contributed by atoms with Crippen molar-refractivity contribution in [3.63, 3.8) is 0 Å². The molecule has 0 unspecified atom stereocenters. The summed E-state index contributed by atoms with van der Waals surface area (Å²) in [5.74, 6) is 1.68. The number of hydrogen-bond donors (Lipinski definition) is 1. The molecule has 0 bridgehead atoms. The third-order valence-corrected chi connectivity index (χ3v) is 9.05. The van der Waals surface area contributed by atoms with Gasteiger partial charge in [0.15, 0.2) is 0 Å². The van der Waals surface area contributed by atoms with Crippen molar-refractivity contribution >= 4 is 22.8 Å². The second-order valence-corrected chi connectivity index (χ2v) is 12.2. The highest BCUT2D eigenvalue weighted by molar-refractivity contribution is 6.07. The van der Waals surface area contributed by atoms with Crippen LogP contribution in [0.25, 0.3) is 33.4 Å². The molecule has 12 heteroatoms. The topological polar surface area (TPSA) is 129 Å². The van der Waals surface area contributed by atoms with Gasteiger partial charge in [-0.2, -0.15) is 5.10 Å². The molecule has 1 aromatic carbocycles. The number of morpholine rings is 1. The first-order valence-electron chi connectivity index (χ1n) is 16.0. The van der Waals surface area contributed by atoms with Gasteiger partial charge in [0.25, 0.3) is 0 Å². The quantitative estimate of drug-likeness (QED) is 0.243. The monoisotopic (exact) mass is 633 g/mol. The average molecular weight is 634 g/mol. The van der Waals surface area contributed by atoms with E-state index in [-0.39, 0.29) is 11.9 Å². The molecule has 12 nitrogen and oxygen atoms in total. The number of amides is 1. The van der Waals surface area contributed by atoms with Crippen LogP contribution in [-0.2, 0) is 16.6 Å². The Hall–Kier alpha value is -5.07. The van der Waals surface area contributed by atoms with Crippen LogP contribution in [0, 0.1) is 6.92 Å². The van der Waals surface area contributed by atoms with Crippen molar-refractivity contribution < 1.29 is 14.3 Å². The van der Waals surface area contributed by atoms with Gasteiger partial charge in [0.05, 0.1) is 36.5 Å². The van der Waals surface area contributed by atoms with E-state index < -0.39 is 0 Å². The molecule has 242 valence electrons. The van der Waals surface area contributed by atoms with Crippen LogP contribution in [0.4, 0.5) is 5.82 Å². The second kappa shape index (κ2) is 13.0. The molecule has 4 aromatic heterocycles. The fourth-order valence-corrected chi connectivity index (χ4v) is 6.59. The third kappa shape index (κ3) is 6.21. The maximum atomic E-state index is 13.2. The van der Waals surface area contributed by atoms with E-state index in [4.69, 9.17) is 20.3 Å². The number of benzene rings is 1. The number of aryl methyl sites for hydroxylation is 2. The van der Waals surface area contributed by atoms with Crippen molar-refractivity contribution in [3.8, 4) is 34.0 Å². The number of ether oxygens (including phenoxy) is 2. The number of carbonyl (C=O) groups excluding carboxylic acids is 1. The second-order valence-electron chi connectivity index (χ2n) is 12.2. The molecule has 5 aromatic rings. The van der Waals surface area contributed by atoms with Gasteiger partial charge in [0, 0.05) is 74.4 Å². The lowest BCUT2D eigenvalue weighted by Gasteiger charge is -2.34. The van der Waals surface area contributed by atoms with Crippen LogP contribution in [0.15, 0.2) is 73.3 Å². The summed E-state index contributed by atoms with van der Waals surface area (Å²) in [6.07, 6.45) is 7.10. The minimum absolute atomic E-state index is 0.0431. The Morgan fingerprint density at radius 1 is 1.04 bits per heavy atom. The highest BCUT2D eigenvalue weighted by Gasteiger charge is 2.28. The maximum absolute atomic E-state index is 13.2. The summed E-state index contributed by atoms with van der Waals surface area (Å²) in [6, 6.07) is 13.7. The van der Waals surface area contributed by atoms with E-state index in [0.29, 0.717) is 55.9 Å². The number of carbonyl (C=O) groups is 1. The predicted molar refractivity (Wildman–Crippen MR) is 180 cm³/mol. The fourth-order valence-electron chi connectivity index (χ4n) is 6.59. The van der Waals surface area contributed by atoms with Crippen molar-refractivity contribution in [2.75, 3.05) is 51.7 Å². The van der Waals surface area contributed by atoms with E-state index in [9.17, 15) is 4.79 Å². The molecule has 6 heterocycles. The molecule has 0 atom stereocenters. The van der Waals surface area contributed by atoms with Gasteiger partial charge in [0.1, 0.15) is 23.5 Å². The first-order valence-corrected chi connectivity index (χ1v) is 16.0. The van der Waals surface area contributed by atoms with Gasteiger partial charge in [-0.3, -0.25) is 14.4 Å². The van der Waals surface area contributed by atoms with Crippen LogP contribution in [0.2, 0.25) is 0 Å². The Balaban J connectivity index is 1.11. The number of anilines is 1. The number of fused-ring (bicyclic) bond motifs is 1. The number of nitrogens with two attached hydrogens (primary N) is 1. The number of aromatic nitrogens is 6. The predicted octanol–water partition coefficient (Wildman–Crippen LogP) is 4.63. The Bertz CT molecular complexity index is 1920. The van der Waals surface area contributed by atoms with E-state index in [0.717, 1.165) is 65.0 Å². The number of likely N-dealkylation sites (tertiary alicyclic amines) is 1. The molecule has 2 N–H and O–H groups in total. The average Bonchev–Trinajstić information content (AvgIpc) is 3.69. The van der Waals surface area contributed by atoms with Gasteiger partial charge in [-0.25, -0.2) is 15.0 Å². The van der Waals surface area contributed by atoms with Gasteiger partial charge in [-0.15, -0.1) is 0 Å². The van der Waals surface area contributed by atoms with Gasteiger partial charge < -0.3 is 24.7 Å². The van der Waals surface area contributed by atoms with E-state index in [1.165, 1.54) is 6.33 Å². The molecule has 2 saturated heterocycles. The molecule has 0 saturated carbocycles. The Morgan fingerprint density at radius 2 is 1.81 bits per heavy atom. The number of nitrogen functional groups attached to an aromatic ring is 1. The molecule has 0 spiro atoms. The Labute approximate surface area is 273 Å². The Kier molecular flexibility index (Phi) is 8.44. The summed E-state index contributed by atoms with van der Waals surface area (Å²) >= 11 is 0. The van der Waals surface area contributed by atoms with Crippen LogP contribution >= 0.6 is 0 Å². The number of rotatable bonds is 8. The largest absolute Gasteiger partial charge is 0.439 e. The first kappa shape index (κ1) is 30.6. The normalized spacial score (nSPS) is 16.1. The molecular weight excluding hydrogens is 594 g/mol. The van der Waals surface area contributed by atoms with E-state index >= 15 is 0 Å². The van der Waals surface area contributed by atoms with Crippen molar-refractivity contribution in [2.24, 2.45) is 7.05 Å². The number of piperidine rings is 1. The van der Waals surface area contributed by atoms with Crippen LogP contribution < -0.4 is 10.5 Å². The summed E-state index contributed by atoms with van der Waals surface area (Å²) < 4.78 is 15.5. The summed E-state index contributed by atoms with van der Waals surface area (Å²) in [4.78, 5) is 30.7. The zero-order valence-corrected chi connectivity index (χ0v) is 26.8. The Morgan fingerprint density at radius 3 is 2.55 bits per heavy atom. The first-order chi connectivity index (χ1) is 22.9. The van der Waals surface area contributed by atoms with Crippen LogP contribution in [0.1, 0.15) is 24.6 Å². The lowest BCUT2D eigenvalue weighted by molar-refractivity contribution is -0.128. The van der Waals surface area contributed by atoms with E-state index in [2.05, 4.69) is 32.6 Å². The van der Waals surface area contributed by atoms with Crippen molar-refractivity contribution in [1.29, 1.82) is 0 Å². The molecule has 0 radical (unpaired) electrons. The zero-order valence-electron chi connectivity index (χ0n) is 26.8. The lowest BCUT2D eigenvalue weighted by atomic mass is 10.00. The number of pyridine rings is 1. The highest BCUT2D eigenvalue weighted by Crippen LogP contribution is 2.42. The highest BCUT2D eigenvalue weighted by atomic mass is 16.5. The lowest BCUT2D eigenvalue weighted by Crippen LogP contribution is -2.43. The minimum Gasteiger partial charge on any atom is -0.439 e. The molecular formula is C35H39N9O3. The molecule has 7 rings (SSSR count). The van der Waals surface area contributed by atoms with Crippen LogP contribution in [0.5, 0.6) is 11.6 Å². The smallest absolute Gasteiger partial charge is 0.250 e. The van der Waals surface area contributed by atoms with Crippen LogP contribution in [-0.4, -0.2) is 90.9 Å².